The largest absolute Gasteiger partial charge is 0.481 e. The van der Waals surface area contributed by atoms with Gasteiger partial charge in [-0.05, 0) is 16.0 Å². The van der Waals surface area contributed by atoms with Crippen LogP contribution in [0.4, 0.5) is 19.0 Å². The molecule has 0 atom stereocenters. The van der Waals surface area contributed by atoms with E-state index in [1.807, 2.05) is 0 Å². The number of carboxylic acid groups (broad SMARTS) is 1. The van der Waals surface area contributed by atoms with E-state index in [-0.39, 0.29) is 0 Å². The number of alkyl halides is 2. The number of rotatable bonds is 4. The minimum atomic E-state index is -3.22. The molecule has 6 nitrogen and oxygen atoms in total. The Labute approximate surface area is 91.9 Å². The van der Waals surface area contributed by atoms with Gasteiger partial charge in [0.2, 0.25) is 11.5 Å². The molecule has 0 aliphatic rings. The van der Waals surface area contributed by atoms with Gasteiger partial charge in [0, 0.05) is 5.56 Å². The summed E-state index contributed by atoms with van der Waals surface area (Å²) in [5.74, 6) is -4.27. The Hall–Kier alpha value is -2.19. The zero-order chi connectivity index (χ0) is 13.2. The van der Waals surface area contributed by atoms with E-state index in [0.717, 1.165) is 0 Å². The summed E-state index contributed by atoms with van der Waals surface area (Å²) in [6.45, 7) is 0. The number of carbonyl (C=O) groups is 1. The monoisotopic (exact) mass is 250 g/mol. The third-order valence-corrected chi connectivity index (χ3v) is 1.79. The molecule has 0 radical (unpaired) electrons. The maximum absolute atomic E-state index is 13.1. The Morgan fingerprint density at radius 2 is 2.18 bits per heavy atom. The van der Waals surface area contributed by atoms with Crippen molar-refractivity contribution >= 4 is 11.8 Å². The lowest BCUT2D eigenvalue weighted by Gasteiger charge is -2.03. The third-order valence-electron chi connectivity index (χ3n) is 1.79. The minimum absolute atomic E-state index is 0.390. The van der Waals surface area contributed by atoms with Crippen LogP contribution in [0.1, 0.15) is 17.7 Å². The number of carboxylic acids is 1. The molecule has 0 unspecified atom stereocenters. The fourth-order valence-electron chi connectivity index (χ4n) is 1.15. The molecule has 0 saturated carbocycles. The fraction of sp³-hybridized carbons (Fsp3) is 0.250. The van der Waals surface area contributed by atoms with Crippen molar-refractivity contribution in [3.05, 3.63) is 33.3 Å². The molecule has 0 spiro atoms. The van der Waals surface area contributed by atoms with E-state index < -0.39 is 46.6 Å². The Balaban J connectivity index is 3.35. The summed E-state index contributed by atoms with van der Waals surface area (Å²) in [6, 6.07) is 0.390. The molecule has 0 fully saturated rings. The normalized spacial score (nSPS) is 10.6. The van der Waals surface area contributed by atoms with Crippen LogP contribution in [0.2, 0.25) is 0 Å². The molecule has 0 aromatic carbocycles. The number of aromatic nitrogens is 1. The van der Waals surface area contributed by atoms with Crippen LogP contribution in [-0.2, 0) is 11.2 Å². The topological polar surface area (TPSA) is 93.3 Å². The van der Waals surface area contributed by atoms with Gasteiger partial charge in [0.25, 0.3) is 0 Å². The SMILES string of the molecule is O=C(O)Cc1cc(F)c([N+](=O)[O-])nc1C(F)F. The van der Waals surface area contributed by atoms with E-state index in [2.05, 4.69) is 4.98 Å². The average molecular weight is 250 g/mol. The van der Waals surface area contributed by atoms with Crippen LogP contribution in [0.25, 0.3) is 0 Å². The molecule has 0 amide bonds. The first-order valence-corrected chi connectivity index (χ1v) is 4.16. The van der Waals surface area contributed by atoms with Gasteiger partial charge in [0.05, 0.1) is 6.42 Å². The second-order valence-corrected chi connectivity index (χ2v) is 2.97. The maximum Gasteiger partial charge on any atom is 0.400 e. The molecule has 9 heteroatoms. The van der Waals surface area contributed by atoms with Gasteiger partial charge in [-0.25, -0.2) is 8.78 Å². The molecular formula is C8H5F3N2O4. The summed E-state index contributed by atoms with van der Waals surface area (Å²) in [7, 11) is 0. The zero-order valence-electron chi connectivity index (χ0n) is 8.06. The molecule has 0 bridgehead atoms. The number of nitrogens with zero attached hydrogens (tertiary/aromatic N) is 2. The Bertz CT molecular complexity index is 478. The van der Waals surface area contributed by atoms with Gasteiger partial charge in [-0.2, -0.15) is 4.39 Å². The number of hydrogen-bond acceptors (Lipinski definition) is 4. The molecule has 1 N–H and O–H groups in total. The van der Waals surface area contributed by atoms with Crippen molar-refractivity contribution in [2.75, 3.05) is 0 Å². The van der Waals surface area contributed by atoms with E-state index in [1.165, 1.54) is 0 Å². The highest BCUT2D eigenvalue weighted by Crippen LogP contribution is 2.26. The zero-order valence-corrected chi connectivity index (χ0v) is 8.06. The molecule has 17 heavy (non-hydrogen) atoms. The summed E-state index contributed by atoms with van der Waals surface area (Å²) in [4.78, 5) is 22.2. The highest BCUT2D eigenvalue weighted by molar-refractivity contribution is 5.70. The van der Waals surface area contributed by atoms with Crippen LogP contribution in [0, 0.1) is 15.9 Å². The summed E-state index contributed by atoms with van der Waals surface area (Å²) in [6.07, 6.45) is -4.11. The van der Waals surface area contributed by atoms with Crippen LogP contribution in [0.5, 0.6) is 0 Å². The molecule has 1 rings (SSSR count). The van der Waals surface area contributed by atoms with E-state index in [0.29, 0.717) is 6.07 Å². The van der Waals surface area contributed by atoms with Gasteiger partial charge >= 0.3 is 18.2 Å². The van der Waals surface area contributed by atoms with Gasteiger partial charge in [-0.3, -0.25) is 4.79 Å². The van der Waals surface area contributed by atoms with Gasteiger partial charge in [-0.1, -0.05) is 0 Å². The lowest BCUT2D eigenvalue weighted by molar-refractivity contribution is -0.392. The number of aliphatic carboxylic acids is 1. The quantitative estimate of drug-likeness (QED) is 0.648. The predicted molar refractivity (Wildman–Crippen MR) is 47.1 cm³/mol. The van der Waals surface area contributed by atoms with Crippen molar-refractivity contribution in [1.82, 2.24) is 4.98 Å². The number of hydrogen-bond donors (Lipinski definition) is 1. The van der Waals surface area contributed by atoms with Crippen LogP contribution >= 0.6 is 0 Å². The molecule has 0 aliphatic heterocycles. The van der Waals surface area contributed by atoms with Crippen LogP contribution in [-0.4, -0.2) is 21.0 Å². The highest BCUT2D eigenvalue weighted by atomic mass is 19.3. The number of pyridine rings is 1. The predicted octanol–water partition coefficient (Wildman–Crippen LogP) is 1.69. The molecule has 1 heterocycles. The molecule has 0 aliphatic carbocycles. The first kappa shape index (κ1) is 12.9. The van der Waals surface area contributed by atoms with E-state index in [9.17, 15) is 28.1 Å². The molecule has 0 saturated heterocycles. The molecular weight excluding hydrogens is 245 g/mol. The minimum Gasteiger partial charge on any atom is -0.481 e. The van der Waals surface area contributed by atoms with Crippen molar-refractivity contribution in [2.45, 2.75) is 12.8 Å². The Morgan fingerprint density at radius 3 is 2.59 bits per heavy atom. The lowest BCUT2D eigenvalue weighted by atomic mass is 10.1. The highest BCUT2D eigenvalue weighted by Gasteiger charge is 2.28. The summed E-state index contributed by atoms with van der Waals surface area (Å²) in [5.41, 5.74) is -1.68. The van der Waals surface area contributed by atoms with E-state index >= 15 is 0 Å². The fourth-order valence-corrected chi connectivity index (χ4v) is 1.15. The van der Waals surface area contributed by atoms with Gasteiger partial charge in [0.1, 0.15) is 0 Å². The lowest BCUT2D eigenvalue weighted by Crippen LogP contribution is -2.09. The van der Waals surface area contributed by atoms with E-state index in [4.69, 9.17) is 5.11 Å². The van der Waals surface area contributed by atoms with Crippen LogP contribution in [0.15, 0.2) is 6.07 Å². The standard InChI is InChI=1S/C8H5F3N2O4/c9-4-1-3(2-5(14)15)6(7(10)11)12-8(4)13(16)17/h1,7H,2H2,(H,14,15). The summed E-state index contributed by atoms with van der Waals surface area (Å²) < 4.78 is 38.0. The summed E-state index contributed by atoms with van der Waals surface area (Å²) >= 11 is 0. The first-order chi connectivity index (χ1) is 7.82. The van der Waals surface area contributed by atoms with Gasteiger partial charge < -0.3 is 15.2 Å². The van der Waals surface area contributed by atoms with Crippen LogP contribution < -0.4 is 0 Å². The van der Waals surface area contributed by atoms with Crippen LogP contribution in [0.3, 0.4) is 0 Å². The van der Waals surface area contributed by atoms with Crippen molar-refractivity contribution in [3.63, 3.8) is 0 Å². The van der Waals surface area contributed by atoms with E-state index in [1.54, 1.807) is 0 Å². The number of nitro groups is 1. The van der Waals surface area contributed by atoms with Crippen molar-refractivity contribution < 1.29 is 28.0 Å². The maximum atomic E-state index is 13.1. The average Bonchev–Trinajstić information content (AvgIpc) is 2.15. The first-order valence-electron chi connectivity index (χ1n) is 4.16. The van der Waals surface area contributed by atoms with Crippen molar-refractivity contribution in [3.8, 4) is 0 Å². The van der Waals surface area contributed by atoms with Gasteiger partial charge in [0.15, 0.2) is 0 Å². The number of halogens is 3. The second-order valence-electron chi connectivity index (χ2n) is 2.97. The van der Waals surface area contributed by atoms with Gasteiger partial charge in [-0.15, -0.1) is 0 Å². The smallest absolute Gasteiger partial charge is 0.400 e. The molecule has 92 valence electrons. The second kappa shape index (κ2) is 4.76. The molecule has 1 aromatic heterocycles. The Kier molecular flexibility index (Phi) is 3.61. The van der Waals surface area contributed by atoms with Crippen molar-refractivity contribution in [1.29, 1.82) is 0 Å². The Morgan fingerprint density at radius 1 is 1.59 bits per heavy atom. The third kappa shape index (κ3) is 2.89. The van der Waals surface area contributed by atoms with Crippen molar-refractivity contribution in [2.24, 2.45) is 0 Å². The molecule has 1 aromatic rings. The summed E-state index contributed by atoms with van der Waals surface area (Å²) in [5, 5.41) is 18.7.